The number of nitrogens with zero attached hydrogens (tertiary/aromatic N) is 2. The molecule has 18 heavy (non-hydrogen) atoms. The zero-order valence-electron chi connectivity index (χ0n) is 10.9. The van der Waals surface area contributed by atoms with Crippen LogP contribution in [-0.2, 0) is 24.7 Å². The highest BCUT2D eigenvalue weighted by Crippen LogP contribution is 2.28. The fraction of sp³-hybridized carbons (Fsp3) is 0.692. The smallest absolute Gasteiger partial charge is 0.143 e. The van der Waals surface area contributed by atoms with E-state index in [1.54, 1.807) is 4.68 Å². The van der Waals surface area contributed by atoms with Crippen LogP contribution in [0.25, 0.3) is 0 Å². The second-order valence-corrected chi connectivity index (χ2v) is 5.82. The van der Waals surface area contributed by atoms with Crippen molar-refractivity contribution in [3.63, 3.8) is 0 Å². The van der Waals surface area contributed by atoms with Crippen molar-refractivity contribution < 1.29 is 4.79 Å². The van der Waals surface area contributed by atoms with Crippen LogP contribution in [0, 0.1) is 5.92 Å². The first-order valence-electron chi connectivity index (χ1n) is 6.53. The predicted octanol–water partition coefficient (Wildman–Crippen LogP) is 1.98. The lowest BCUT2D eigenvalue weighted by molar-refractivity contribution is -0.122. The molecule has 0 radical (unpaired) electrons. The second kappa shape index (κ2) is 5.53. The largest absolute Gasteiger partial charge is 0.327 e. The summed E-state index contributed by atoms with van der Waals surface area (Å²) in [7, 11) is 1.89. The number of rotatable bonds is 4. The van der Waals surface area contributed by atoms with Crippen LogP contribution in [-0.4, -0.2) is 21.6 Å². The molecule has 1 heterocycles. The molecule has 100 valence electrons. The molecular weight excluding hydrogens is 294 g/mol. The number of carbonyl (C=O) groups excluding carboxylic acids is 1. The highest BCUT2D eigenvalue weighted by Gasteiger charge is 2.31. The molecule has 4 nitrogen and oxygen atoms in total. The molecule has 0 aromatic carbocycles. The normalized spacial score (nSPS) is 23.6. The topological polar surface area (TPSA) is 60.9 Å². The Morgan fingerprint density at radius 1 is 1.56 bits per heavy atom. The minimum absolute atomic E-state index is 0.0388. The van der Waals surface area contributed by atoms with E-state index in [1.165, 1.54) is 0 Å². The van der Waals surface area contributed by atoms with E-state index in [0.29, 0.717) is 6.42 Å². The number of carbonyl (C=O) groups is 1. The Kier molecular flexibility index (Phi) is 4.22. The summed E-state index contributed by atoms with van der Waals surface area (Å²) >= 11 is 3.55. The number of ketones is 1. The van der Waals surface area contributed by atoms with Gasteiger partial charge in [0, 0.05) is 25.4 Å². The molecule has 1 aliphatic carbocycles. The van der Waals surface area contributed by atoms with Crippen LogP contribution in [0.3, 0.4) is 0 Å². The van der Waals surface area contributed by atoms with Gasteiger partial charge in [0.25, 0.3) is 0 Å². The summed E-state index contributed by atoms with van der Waals surface area (Å²) in [4.78, 5) is 12.3. The predicted molar refractivity (Wildman–Crippen MR) is 74.3 cm³/mol. The Morgan fingerprint density at radius 3 is 2.78 bits per heavy atom. The van der Waals surface area contributed by atoms with E-state index in [4.69, 9.17) is 5.73 Å². The van der Waals surface area contributed by atoms with Crippen LogP contribution in [0.15, 0.2) is 4.47 Å². The van der Waals surface area contributed by atoms with Gasteiger partial charge in [-0.15, -0.1) is 0 Å². The molecule has 0 saturated heterocycles. The zero-order chi connectivity index (χ0) is 13.3. The van der Waals surface area contributed by atoms with Gasteiger partial charge in [0.2, 0.25) is 0 Å². The maximum absolute atomic E-state index is 12.3. The minimum Gasteiger partial charge on any atom is -0.327 e. The summed E-state index contributed by atoms with van der Waals surface area (Å²) in [6, 6.07) is 0.0511. The van der Waals surface area contributed by atoms with Crippen LogP contribution < -0.4 is 5.73 Å². The van der Waals surface area contributed by atoms with E-state index in [1.807, 2.05) is 7.05 Å². The summed E-state index contributed by atoms with van der Waals surface area (Å²) in [6.45, 7) is 2.06. The van der Waals surface area contributed by atoms with Crippen molar-refractivity contribution in [1.29, 1.82) is 0 Å². The molecule has 5 heteroatoms. The fourth-order valence-corrected chi connectivity index (χ4v) is 3.45. The van der Waals surface area contributed by atoms with Gasteiger partial charge in [0.15, 0.2) is 0 Å². The Morgan fingerprint density at radius 2 is 2.28 bits per heavy atom. The third kappa shape index (κ3) is 2.52. The van der Waals surface area contributed by atoms with Crippen LogP contribution in [0.1, 0.15) is 37.6 Å². The molecule has 2 unspecified atom stereocenters. The number of hydrogen-bond acceptors (Lipinski definition) is 3. The first kappa shape index (κ1) is 13.7. The quantitative estimate of drug-likeness (QED) is 0.924. The molecule has 0 aliphatic heterocycles. The summed E-state index contributed by atoms with van der Waals surface area (Å²) in [5.41, 5.74) is 7.96. The monoisotopic (exact) mass is 313 g/mol. The molecule has 2 rings (SSSR count). The third-order valence-electron chi connectivity index (χ3n) is 3.83. The van der Waals surface area contributed by atoms with Crippen molar-refractivity contribution >= 4 is 21.7 Å². The average molecular weight is 314 g/mol. The Hall–Kier alpha value is -0.680. The van der Waals surface area contributed by atoms with Gasteiger partial charge in [0.1, 0.15) is 5.78 Å². The number of Topliss-reactive ketones (excluding diaryl/α,β-unsaturated/α-hetero) is 1. The lowest BCUT2D eigenvalue weighted by Gasteiger charge is -2.14. The van der Waals surface area contributed by atoms with Crippen molar-refractivity contribution in [1.82, 2.24) is 9.78 Å². The van der Waals surface area contributed by atoms with Gasteiger partial charge >= 0.3 is 0 Å². The van der Waals surface area contributed by atoms with Crippen molar-refractivity contribution in [3.8, 4) is 0 Å². The highest BCUT2D eigenvalue weighted by molar-refractivity contribution is 9.10. The standard InChI is InChI=1S/C13H20BrN3O/c1-3-10-13(14)11(17(2)16-10)7-12(18)8-5-4-6-9(8)15/h8-9H,3-7,15H2,1-2H3. The van der Waals surface area contributed by atoms with E-state index in [-0.39, 0.29) is 17.7 Å². The van der Waals surface area contributed by atoms with E-state index in [2.05, 4.69) is 28.0 Å². The van der Waals surface area contributed by atoms with Gasteiger partial charge in [-0.3, -0.25) is 9.48 Å². The molecule has 1 fully saturated rings. The lowest BCUT2D eigenvalue weighted by Crippen LogP contribution is -2.31. The summed E-state index contributed by atoms with van der Waals surface area (Å²) in [6.07, 6.45) is 4.29. The number of aryl methyl sites for hydroxylation is 2. The van der Waals surface area contributed by atoms with Gasteiger partial charge in [0.05, 0.1) is 15.9 Å². The van der Waals surface area contributed by atoms with E-state index < -0.39 is 0 Å². The van der Waals surface area contributed by atoms with Crippen molar-refractivity contribution in [2.24, 2.45) is 18.7 Å². The van der Waals surface area contributed by atoms with Crippen LogP contribution in [0.2, 0.25) is 0 Å². The average Bonchev–Trinajstić information content (AvgIpc) is 2.87. The van der Waals surface area contributed by atoms with Crippen molar-refractivity contribution in [3.05, 3.63) is 15.9 Å². The number of halogens is 1. The SMILES string of the molecule is CCc1nn(C)c(CC(=O)C2CCCC2N)c1Br. The zero-order valence-corrected chi connectivity index (χ0v) is 12.5. The molecule has 1 aliphatic rings. The second-order valence-electron chi connectivity index (χ2n) is 5.03. The van der Waals surface area contributed by atoms with Crippen LogP contribution in [0.5, 0.6) is 0 Å². The summed E-state index contributed by atoms with van der Waals surface area (Å²) in [5, 5.41) is 4.41. The van der Waals surface area contributed by atoms with Gasteiger partial charge in [-0.05, 0) is 35.2 Å². The Balaban J connectivity index is 2.14. The maximum atomic E-state index is 12.3. The molecule has 1 saturated carbocycles. The van der Waals surface area contributed by atoms with Crippen LogP contribution >= 0.6 is 15.9 Å². The van der Waals surface area contributed by atoms with E-state index in [0.717, 1.165) is 41.5 Å². The highest BCUT2D eigenvalue weighted by atomic mass is 79.9. The number of nitrogens with two attached hydrogens (primary N) is 1. The van der Waals surface area contributed by atoms with Gasteiger partial charge < -0.3 is 5.73 Å². The first-order chi connectivity index (χ1) is 8.54. The minimum atomic E-state index is 0.0388. The van der Waals surface area contributed by atoms with Gasteiger partial charge in [-0.1, -0.05) is 13.3 Å². The molecule has 2 N–H and O–H groups in total. The molecule has 1 aromatic rings. The maximum Gasteiger partial charge on any atom is 0.143 e. The summed E-state index contributed by atoms with van der Waals surface area (Å²) < 4.78 is 2.79. The van der Waals surface area contributed by atoms with E-state index in [9.17, 15) is 4.79 Å². The molecule has 0 spiro atoms. The molecule has 0 amide bonds. The molecular formula is C13H20BrN3O. The van der Waals surface area contributed by atoms with Gasteiger partial charge in [-0.25, -0.2) is 0 Å². The fourth-order valence-electron chi connectivity index (χ4n) is 2.70. The van der Waals surface area contributed by atoms with Gasteiger partial charge in [-0.2, -0.15) is 5.10 Å². The first-order valence-corrected chi connectivity index (χ1v) is 7.32. The molecule has 0 bridgehead atoms. The van der Waals surface area contributed by atoms with E-state index >= 15 is 0 Å². The third-order valence-corrected chi connectivity index (χ3v) is 4.74. The molecule has 1 aromatic heterocycles. The van der Waals surface area contributed by atoms with Crippen LogP contribution in [0.4, 0.5) is 0 Å². The number of hydrogen-bond donors (Lipinski definition) is 1. The van der Waals surface area contributed by atoms with Crippen molar-refractivity contribution in [2.45, 2.75) is 45.1 Å². The summed E-state index contributed by atoms with van der Waals surface area (Å²) in [5.74, 6) is 0.295. The number of aromatic nitrogens is 2. The van der Waals surface area contributed by atoms with Crippen molar-refractivity contribution in [2.75, 3.05) is 0 Å². The Bertz CT molecular complexity index is 455. The lowest BCUT2D eigenvalue weighted by atomic mass is 9.95. The molecule has 2 atom stereocenters. The Labute approximate surface area is 116 Å².